The van der Waals surface area contributed by atoms with E-state index in [1.165, 1.54) is 12.1 Å². The van der Waals surface area contributed by atoms with E-state index < -0.39 is 12.6 Å². The molecule has 1 amide bonds. The SMILES string of the molecule is Cc1cc(OCC(=O)O)ccc1NC(=O)CC(C)Cc1cccc(F)c1. The molecule has 26 heavy (non-hydrogen) atoms. The Morgan fingerprint density at radius 1 is 1.23 bits per heavy atom. The van der Waals surface area contributed by atoms with Crippen LogP contribution >= 0.6 is 0 Å². The number of nitrogens with one attached hydrogen (secondary N) is 1. The second kappa shape index (κ2) is 8.99. The molecule has 0 heterocycles. The molecule has 2 N–H and O–H groups in total. The number of ether oxygens (including phenoxy) is 1. The lowest BCUT2D eigenvalue weighted by molar-refractivity contribution is -0.139. The largest absolute Gasteiger partial charge is 0.482 e. The molecule has 5 nitrogen and oxygen atoms in total. The molecule has 1 unspecified atom stereocenters. The Morgan fingerprint density at radius 2 is 2.00 bits per heavy atom. The van der Waals surface area contributed by atoms with Crippen LogP contribution in [-0.4, -0.2) is 23.6 Å². The Labute approximate surface area is 151 Å². The maximum Gasteiger partial charge on any atom is 0.341 e. The summed E-state index contributed by atoms with van der Waals surface area (Å²) in [5.41, 5.74) is 2.29. The fourth-order valence-corrected chi connectivity index (χ4v) is 2.67. The van der Waals surface area contributed by atoms with Crippen molar-refractivity contribution in [3.8, 4) is 5.75 Å². The molecular weight excluding hydrogens is 337 g/mol. The van der Waals surface area contributed by atoms with E-state index in [1.807, 2.05) is 13.0 Å². The maximum absolute atomic E-state index is 13.2. The van der Waals surface area contributed by atoms with Crippen LogP contribution in [-0.2, 0) is 16.0 Å². The molecular formula is C20H22FNO4. The molecule has 0 aliphatic rings. The maximum atomic E-state index is 13.2. The van der Waals surface area contributed by atoms with Gasteiger partial charge >= 0.3 is 5.97 Å². The van der Waals surface area contributed by atoms with Crippen molar-refractivity contribution in [1.82, 2.24) is 0 Å². The summed E-state index contributed by atoms with van der Waals surface area (Å²) in [7, 11) is 0. The first-order valence-corrected chi connectivity index (χ1v) is 8.33. The van der Waals surface area contributed by atoms with Crippen molar-refractivity contribution in [1.29, 1.82) is 0 Å². The van der Waals surface area contributed by atoms with Crippen LogP contribution in [0.4, 0.5) is 10.1 Å². The van der Waals surface area contributed by atoms with Crippen molar-refractivity contribution in [2.75, 3.05) is 11.9 Å². The van der Waals surface area contributed by atoms with Crippen molar-refractivity contribution in [2.45, 2.75) is 26.7 Å². The smallest absolute Gasteiger partial charge is 0.341 e. The van der Waals surface area contributed by atoms with Crippen LogP contribution in [0.3, 0.4) is 0 Å². The van der Waals surface area contributed by atoms with Crippen LogP contribution in [0.2, 0.25) is 0 Å². The number of benzene rings is 2. The monoisotopic (exact) mass is 359 g/mol. The quantitative estimate of drug-likeness (QED) is 0.752. The zero-order valence-corrected chi connectivity index (χ0v) is 14.8. The molecule has 6 heteroatoms. The lowest BCUT2D eigenvalue weighted by Crippen LogP contribution is -2.17. The summed E-state index contributed by atoms with van der Waals surface area (Å²) in [6.45, 7) is 3.34. The number of amides is 1. The molecule has 0 bridgehead atoms. The van der Waals surface area contributed by atoms with Gasteiger partial charge in [0.25, 0.3) is 0 Å². The molecule has 2 aromatic rings. The zero-order valence-electron chi connectivity index (χ0n) is 14.8. The van der Waals surface area contributed by atoms with Gasteiger partial charge in [0.1, 0.15) is 11.6 Å². The highest BCUT2D eigenvalue weighted by molar-refractivity contribution is 5.91. The summed E-state index contributed by atoms with van der Waals surface area (Å²) < 4.78 is 18.3. The summed E-state index contributed by atoms with van der Waals surface area (Å²) in [6, 6.07) is 11.4. The van der Waals surface area contributed by atoms with E-state index in [0.717, 1.165) is 11.1 Å². The molecule has 0 aromatic heterocycles. The van der Waals surface area contributed by atoms with Gasteiger partial charge in [-0.05, 0) is 60.7 Å². The first-order chi connectivity index (χ1) is 12.3. The Morgan fingerprint density at radius 3 is 2.65 bits per heavy atom. The lowest BCUT2D eigenvalue weighted by atomic mass is 9.97. The molecule has 0 radical (unpaired) electrons. The molecule has 2 aromatic carbocycles. The summed E-state index contributed by atoms with van der Waals surface area (Å²) in [6.07, 6.45) is 0.930. The van der Waals surface area contributed by atoms with Gasteiger partial charge < -0.3 is 15.2 Å². The third-order valence-corrected chi connectivity index (χ3v) is 3.84. The van der Waals surface area contributed by atoms with Crippen LogP contribution in [0.5, 0.6) is 5.75 Å². The van der Waals surface area contributed by atoms with E-state index in [0.29, 0.717) is 24.3 Å². The number of hydrogen-bond acceptors (Lipinski definition) is 3. The Hall–Kier alpha value is -2.89. The number of carbonyl (C=O) groups excluding carboxylic acids is 1. The van der Waals surface area contributed by atoms with Crippen molar-refractivity contribution in [2.24, 2.45) is 5.92 Å². The number of halogens is 1. The van der Waals surface area contributed by atoms with Crippen molar-refractivity contribution < 1.29 is 23.8 Å². The summed E-state index contributed by atoms with van der Waals surface area (Å²) in [5.74, 6) is -0.957. The molecule has 1 atom stereocenters. The zero-order chi connectivity index (χ0) is 19.1. The van der Waals surface area contributed by atoms with Crippen LogP contribution in [0.1, 0.15) is 24.5 Å². The van der Waals surface area contributed by atoms with Gasteiger partial charge in [-0.15, -0.1) is 0 Å². The highest BCUT2D eigenvalue weighted by Gasteiger charge is 2.12. The summed E-state index contributed by atoms with van der Waals surface area (Å²) in [5, 5.41) is 11.5. The van der Waals surface area contributed by atoms with E-state index in [1.54, 1.807) is 31.2 Å². The van der Waals surface area contributed by atoms with Gasteiger partial charge in [-0.3, -0.25) is 4.79 Å². The van der Waals surface area contributed by atoms with E-state index >= 15 is 0 Å². The van der Waals surface area contributed by atoms with Crippen molar-refractivity contribution in [3.63, 3.8) is 0 Å². The van der Waals surface area contributed by atoms with E-state index in [-0.39, 0.29) is 17.6 Å². The fourth-order valence-electron chi connectivity index (χ4n) is 2.67. The highest BCUT2D eigenvalue weighted by atomic mass is 19.1. The number of aliphatic carboxylic acids is 1. The summed E-state index contributed by atoms with van der Waals surface area (Å²) >= 11 is 0. The third-order valence-electron chi connectivity index (χ3n) is 3.84. The second-order valence-corrected chi connectivity index (χ2v) is 6.35. The number of rotatable bonds is 8. The first-order valence-electron chi connectivity index (χ1n) is 8.33. The number of hydrogen-bond donors (Lipinski definition) is 2. The van der Waals surface area contributed by atoms with Crippen LogP contribution in [0, 0.1) is 18.7 Å². The Balaban J connectivity index is 1.89. The van der Waals surface area contributed by atoms with Gasteiger partial charge in [-0.25, -0.2) is 9.18 Å². The topological polar surface area (TPSA) is 75.6 Å². The third kappa shape index (κ3) is 6.20. The van der Waals surface area contributed by atoms with Gasteiger partial charge in [0.15, 0.2) is 6.61 Å². The summed E-state index contributed by atoms with van der Waals surface area (Å²) in [4.78, 5) is 22.8. The Kier molecular flexibility index (Phi) is 6.72. The predicted octanol–water partition coefficient (Wildman–Crippen LogP) is 3.80. The number of anilines is 1. The molecule has 0 saturated heterocycles. The van der Waals surface area contributed by atoms with Gasteiger partial charge in [0, 0.05) is 12.1 Å². The number of carboxylic acids is 1. The molecule has 0 fully saturated rings. The van der Waals surface area contributed by atoms with E-state index in [9.17, 15) is 14.0 Å². The second-order valence-electron chi connectivity index (χ2n) is 6.35. The van der Waals surface area contributed by atoms with E-state index in [4.69, 9.17) is 9.84 Å². The van der Waals surface area contributed by atoms with Gasteiger partial charge in [-0.2, -0.15) is 0 Å². The Bertz CT molecular complexity index is 791. The fraction of sp³-hybridized carbons (Fsp3) is 0.300. The van der Waals surface area contributed by atoms with Gasteiger partial charge in [0.2, 0.25) is 5.91 Å². The minimum absolute atomic E-state index is 0.0651. The molecule has 0 aliphatic carbocycles. The minimum atomic E-state index is -1.05. The van der Waals surface area contributed by atoms with Gasteiger partial charge in [-0.1, -0.05) is 19.1 Å². The highest BCUT2D eigenvalue weighted by Crippen LogP contribution is 2.22. The van der Waals surface area contributed by atoms with Crippen LogP contribution < -0.4 is 10.1 Å². The lowest BCUT2D eigenvalue weighted by Gasteiger charge is -2.14. The molecule has 138 valence electrons. The van der Waals surface area contributed by atoms with Crippen molar-refractivity contribution >= 4 is 17.6 Å². The van der Waals surface area contributed by atoms with Crippen LogP contribution in [0.15, 0.2) is 42.5 Å². The molecule has 0 spiro atoms. The number of carboxylic acid groups (broad SMARTS) is 1. The number of aryl methyl sites for hydroxylation is 1. The number of carbonyl (C=O) groups is 2. The standard InChI is InChI=1S/C20H22FNO4/c1-13(8-15-4-3-5-16(21)11-15)9-19(23)22-18-7-6-17(10-14(18)2)26-12-20(24)25/h3-7,10-11,13H,8-9,12H2,1-2H3,(H,22,23)(H,24,25). The van der Waals surface area contributed by atoms with E-state index in [2.05, 4.69) is 5.32 Å². The first kappa shape index (κ1) is 19.4. The molecule has 0 aliphatic heterocycles. The average molecular weight is 359 g/mol. The normalized spacial score (nSPS) is 11.7. The predicted molar refractivity (Wildman–Crippen MR) is 96.8 cm³/mol. The van der Waals surface area contributed by atoms with Crippen molar-refractivity contribution in [3.05, 3.63) is 59.4 Å². The average Bonchev–Trinajstić information content (AvgIpc) is 2.55. The van der Waals surface area contributed by atoms with Gasteiger partial charge in [0.05, 0.1) is 0 Å². The molecule has 0 saturated carbocycles. The van der Waals surface area contributed by atoms with Crippen LogP contribution in [0.25, 0.3) is 0 Å². The molecule has 2 rings (SSSR count). The minimum Gasteiger partial charge on any atom is -0.482 e.